The van der Waals surface area contributed by atoms with Crippen molar-refractivity contribution >= 4 is 23.2 Å². The molecule has 0 aliphatic heterocycles. The molecule has 1 unspecified atom stereocenters. The van der Waals surface area contributed by atoms with E-state index in [0.29, 0.717) is 16.5 Å². The van der Waals surface area contributed by atoms with E-state index in [0.717, 1.165) is 5.56 Å². The molecule has 8 heteroatoms. The molecular weight excluding hydrogens is 368 g/mol. The van der Waals surface area contributed by atoms with Crippen LogP contribution in [0.2, 0.25) is 0 Å². The van der Waals surface area contributed by atoms with Crippen molar-refractivity contribution in [3.63, 3.8) is 0 Å². The molecule has 140 valence electrons. The van der Waals surface area contributed by atoms with Gasteiger partial charge in [0.25, 0.3) is 5.91 Å². The number of methoxy groups -OCH3 is 2. The highest BCUT2D eigenvalue weighted by Gasteiger charge is 2.21. The molecule has 7 nitrogen and oxygen atoms in total. The van der Waals surface area contributed by atoms with Gasteiger partial charge in [-0.25, -0.2) is 4.98 Å². The van der Waals surface area contributed by atoms with Gasteiger partial charge in [0.05, 0.1) is 32.9 Å². The van der Waals surface area contributed by atoms with Crippen LogP contribution in [0.3, 0.4) is 0 Å². The van der Waals surface area contributed by atoms with Gasteiger partial charge in [0.15, 0.2) is 10.8 Å². The second-order valence-electron chi connectivity index (χ2n) is 5.59. The Bertz CT molecular complexity index is 903. The number of amides is 1. The molecule has 0 aliphatic rings. The lowest BCUT2D eigenvalue weighted by Gasteiger charge is -2.18. The molecule has 1 N–H and O–H groups in total. The van der Waals surface area contributed by atoms with Crippen LogP contribution >= 0.6 is 11.3 Å². The quantitative estimate of drug-likeness (QED) is 0.626. The molecule has 1 aromatic carbocycles. The van der Waals surface area contributed by atoms with Crippen molar-refractivity contribution in [2.75, 3.05) is 14.2 Å². The van der Waals surface area contributed by atoms with Crippen molar-refractivity contribution in [3.05, 3.63) is 59.3 Å². The molecule has 3 aromatic rings. The molecule has 0 radical (unpaired) electrons. The fourth-order valence-corrected chi connectivity index (χ4v) is 3.23. The molecule has 2 aromatic heterocycles. The highest BCUT2D eigenvalue weighted by atomic mass is 32.1. The van der Waals surface area contributed by atoms with Gasteiger partial charge in [-0.3, -0.25) is 9.59 Å². The zero-order valence-corrected chi connectivity index (χ0v) is 15.6. The normalized spacial score (nSPS) is 11.6. The van der Waals surface area contributed by atoms with E-state index < -0.39 is 12.0 Å². The zero-order valence-electron chi connectivity index (χ0n) is 14.8. The lowest BCUT2D eigenvalue weighted by Crippen LogP contribution is -2.30. The number of thiazole rings is 1. The number of furan rings is 1. The molecule has 0 saturated carbocycles. The van der Waals surface area contributed by atoms with Gasteiger partial charge in [0, 0.05) is 5.38 Å². The SMILES string of the molecule is COC(=O)CC(NC(=O)c1csc(-c2ccco2)n1)c1ccc(OC)cc1. The minimum absolute atomic E-state index is 0.00372. The highest BCUT2D eigenvalue weighted by molar-refractivity contribution is 7.13. The van der Waals surface area contributed by atoms with Gasteiger partial charge in [-0.1, -0.05) is 12.1 Å². The fourth-order valence-electron chi connectivity index (χ4n) is 2.46. The summed E-state index contributed by atoms with van der Waals surface area (Å²) in [5.41, 5.74) is 1.02. The first-order valence-corrected chi connectivity index (χ1v) is 8.99. The molecule has 0 fully saturated rings. The van der Waals surface area contributed by atoms with Crippen molar-refractivity contribution in [1.29, 1.82) is 0 Å². The van der Waals surface area contributed by atoms with Crippen molar-refractivity contribution in [1.82, 2.24) is 10.3 Å². The first kappa shape index (κ1) is 18.7. The third-order valence-corrected chi connectivity index (χ3v) is 4.75. The number of nitrogens with one attached hydrogen (secondary N) is 1. The van der Waals surface area contributed by atoms with Crippen LogP contribution in [0.4, 0.5) is 0 Å². The van der Waals surface area contributed by atoms with Gasteiger partial charge in [-0.05, 0) is 29.8 Å². The Morgan fingerprint density at radius 1 is 1.22 bits per heavy atom. The van der Waals surface area contributed by atoms with Crippen LogP contribution in [0.15, 0.2) is 52.5 Å². The van der Waals surface area contributed by atoms with Crippen LogP contribution in [0.1, 0.15) is 28.5 Å². The van der Waals surface area contributed by atoms with E-state index in [9.17, 15) is 9.59 Å². The van der Waals surface area contributed by atoms with Gasteiger partial charge < -0.3 is 19.2 Å². The third-order valence-electron chi connectivity index (χ3n) is 3.89. The Kier molecular flexibility index (Phi) is 5.87. The minimum atomic E-state index is -0.551. The van der Waals surface area contributed by atoms with E-state index in [4.69, 9.17) is 13.9 Å². The summed E-state index contributed by atoms with van der Waals surface area (Å²) >= 11 is 1.31. The number of nitrogens with zero attached hydrogens (tertiary/aromatic N) is 1. The van der Waals surface area contributed by atoms with Gasteiger partial charge >= 0.3 is 5.97 Å². The van der Waals surface area contributed by atoms with Gasteiger partial charge in [0.2, 0.25) is 0 Å². The van der Waals surface area contributed by atoms with E-state index in [2.05, 4.69) is 10.3 Å². The summed E-state index contributed by atoms with van der Waals surface area (Å²) in [5, 5.41) is 5.10. The van der Waals surface area contributed by atoms with Crippen LogP contribution in [-0.4, -0.2) is 31.1 Å². The molecule has 27 heavy (non-hydrogen) atoms. The van der Waals surface area contributed by atoms with Crippen molar-refractivity contribution in [3.8, 4) is 16.5 Å². The van der Waals surface area contributed by atoms with Crippen LogP contribution in [0.25, 0.3) is 10.8 Å². The smallest absolute Gasteiger partial charge is 0.307 e. The number of hydrogen-bond donors (Lipinski definition) is 1. The predicted molar refractivity (Wildman–Crippen MR) is 99.7 cm³/mol. The monoisotopic (exact) mass is 386 g/mol. The predicted octanol–water partition coefficient (Wildman–Crippen LogP) is 3.45. The van der Waals surface area contributed by atoms with Gasteiger partial charge in [-0.15, -0.1) is 11.3 Å². The van der Waals surface area contributed by atoms with Gasteiger partial charge in [-0.2, -0.15) is 0 Å². The number of carbonyl (C=O) groups excluding carboxylic acids is 2. The van der Waals surface area contributed by atoms with E-state index >= 15 is 0 Å². The van der Waals surface area contributed by atoms with Crippen LogP contribution in [0, 0.1) is 0 Å². The van der Waals surface area contributed by atoms with Crippen molar-refractivity contribution in [2.45, 2.75) is 12.5 Å². The number of carbonyl (C=O) groups is 2. The van der Waals surface area contributed by atoms with E-state index in [-0.39, 0.29) is 18.0 Å². The first-order valence-electron chi connectivity index (χ1n) is 8.11. The minimum Gasteiger partial charge on any atom is -0.497 e. The third kappa shape index (κ3) is 4.53. The van der Waals surface area contributed by atoms with Gasteiger partial charge in [0.1, 0.15) is 11.4 Å². The van der Waals surface area contributed by atoms with Crippen LogP contribution in [-0.2, 0) is 9.53 Å². The summed E-state index contributed by atoms with van der Waals surface area (Å²) in [7, 11) is 2.88. The van der Waals surface area contributed by atoms with E-state index in [1.165, 1.54) is 18.4 Å². The molecular formula is C19H18N2O5S. The topological polar surface area (TPSA) is 90.7 Å². The first-order chi connectivity index (χ1) is 13.1. The summed E-state index contributed by atoms with van der Waals surface area (Å²) in [5.74, 6) is 0.476. The number of aromatic nitrogens is 1. The average molecular weight is 386 g/mol. The number of esters is 1. The Balaban J connectivity index is 1.78. The Morgan fingerprint density at radius 3 is 2.63 bits per heavy atom. The molecule has 1 atom stereocenters. The molecule has 2 heterocycles. The summed E-state index contributed by atoms with van der Waals surface area (Å²) in [6.45, 7) is 0. The molecule has 0 aliphatic carbocycles. The lowest BCUT2D eigenvalue weighted by molar-refractivity contribution is -0.141. The van der Waals surface area contributed by atoms with Crippen molar-refractivity contribution in [2.24, 2.45) is 0 Å². The largest absolute Gasteiger partial charge is 0.497 e. The summed E-state index contributed by atoms with van der Waals surface area (Å²) in [6, 6.07) is 10.1. The molecule has 0 saturated heterocycles. The lowest BCUT2D eigenvalue weighted by atomic mass is 10.0. The molecule has 3 rings (SSSR count). The maximum atomic E-state index is 12.6. The molecule has 0 spiro atoms. The summed E-state index contributed by atoms with van der Waals surface area (Å²) in [4.78, 5) is 28.7. The Hall–Kier alpha value is -3.13. The fraction of sp³-hybridized carbons (Fsp3) is 0.211. The maximum absolute atomic E-state index is 12.6. The standard InChI is InChI=1S/C19H18N2O5S/c1-24-13-7-5-12(6-8-13)14(10-17(22)25-2)20-18(23)15-11-27-19(21-15)16-4-3-9-26-16/h3-9,11,14H,10H2,1-2H3,(H,20,23). The molecule has 0 bridgehead atoms. The second-order valence-corrected chi connectivity index (χ2v) is 6.45. The number of benzene rings is 1. The Labute approximate surface area is 159 Å². The highest BCUT2D eigenvalue weighted by Crippen LogP contribution is 2.25. The van der Waals surface area contributed by atoms with E-state index in [1.54, 1.807) is 55.2 Å². The summed E-state index contributed by atoms with van der Waals surface area (Å²) < 4.78 is 15.2. The number of ether oxygens (including phenoxy) is 2. The number of hydrogen-bond acceptors (Lipinski definition) is 7. The van der Waals surface area contributed by atoms with Crippen molar-refractivity contribution < 1.29 is 23.5 Å². The second kappa shape index (κ2) is 8.50. The Morgan fingerprint density at radius 2 is 2.00 bits per heavy atom. The zero-order chi connectivity index (χ0) is 19.2. The maximum Gasteiger partial charge on any atom is 0.307 e. The number of rotatable bonds is 7. The van der Waals surface area contributed by atoms with Crippen LogP contribution in [0.5, 0.6) is 5.75 Å². The van der Waals surface area contributed by atoms with E-state index in [1.807, 2.05) is 0 Å². The summed E-state index contributed by atoms with van der Waals surface area (Å²) in [6.07, 6.45) is 1.55. The average Bonchev–Trinajstić information content (AvgIpc) is 3.38. The van der Waals surface area contributed by atoms with Crippen LogP contribution < -0.4 is 10.1 Å². The molecule has 1 amide bonds.